The SMILES string of the molecule is Cc1c(/C=C2/SC(=S)N(CC(=O)O)C2=O)c(N2CC(C)CC(C)C2)n(C)c(=O)c1C#N. The number of carboxylic acid groups (broad SMARTS) is 1. The Hall–Kier alpha value is -2.64. The minimum absolute atomic E-state index is 0.0246. The molecule has 1 aromatic rings. The quantitative estimate of drug-likeness (QED) is 0.539. The van der Waals surface area contributed by atoms with Crippen molar-refractivity contribution in [2.24, 2.45) is 18.9 Å². The first-order valence-corrected chi connectivity index (χ1v) is 11.1. The number of anilines is 1. The number of nitrogens with zero attached hydrogens (tertiary/aromatic N) is 4. The normalized spacial score (nSPS) is 22.9. The number of aromatic nitrogens is 1. The number of carboxylic acids is 1. The smallest absolute Gasteiger partial charge is 0.323 e. The van der Waals surface area contributed by atoms with Crippen molar-refractivity contribution in [3.05, 3.63) is 31.9 Å². The number of hydrogen-bond donors (Lipinski definition) is 1. The second-order valence-corrected chi connectivity index (χ2v) is 9.90. The Morgan fingerprint density at radius 1 is 1.32 bits per heavy atom. The molecule has 2 aliphatic heterocycles. The zero-order valence-corrected chi connectivity index (χ0v) is 19.5. The van der Waals surface area contributed by atoms with Gasteiger partial charge in [0, 0.05) is 25.7 Å². The number of nitriles is 1. The third-order valence-corrected chi connectivity index (χ3v) is 6.96. The molecule has 1 N–H and O–H groups in total. The number of carbonyl (C=O) groups excluding carboxylic acids is 1. The van der Waals surface area contributed by atoms with E-state index in [1.54, 1.807) is 20.0 Å². The molecule has 1 amide bonds. The van der Waals surface area contributed by atoms with E-state index in [0.717, 1.165) is 36.2 Å². The predicted octanol–water partition coefficient (Wildman–Crippen LogP) is 2.33. The van der Waals surface area contributed by atoms with Gasteiger partial charge in [-0.1, -0.05) is 37.8 Å². The molecule has 2 aliphatic rings. The molecule has 0 bridgehead atoms. The van der Waals surface area contributed by atoms with Gasteiger partial charge in [0.1, 0.15) is 28.3 Å². The zero-order chi connectivity index (χ0) is 23.0. The first kappa shape index (κ1) is 23.0. The molecule has 1 aromatic heterocycles. The van der Waals surface area contributed by atoms with Crippen LogP contribution in [0.15, 0.2) is 9.70 Å². The number of rotatable bonds is 4. The first-order chi connectivity index (χ1) is 14.5. The van der Waals surface area contributed by atoms with Gasteiger partial charge < -0.3 is 10.0 Å². The van der Waals surface area contributed by atoms with Crippen LogP contribution in [0.1, 0.15) is 37.0 Å². The van der Waals surface area contributed by atoms with E-state index in [-0.39, 0.29) is 20.3 Å². The van der Waals surface area contributed by atoms with Gasteiger partial charge in [-0.15, -0.1) is 0 Å². The lowest BCUT2D eigenvalue weighted by atomic mass is 9.91. The minimum atomic E-state index is -1.15. The van der Waals surface area contributed by atoms with Crippen LogP contribution in [0.5, 0.6) is 0 Å². The number of piperidine rings is 1. The Morgan fingerprint density at radius 3 is 2.48 bits per heavy atom. The standard InChI is InChI=1S/C21H24N4O4S2/c1-11-5-12(2)9-24(8-11)18-14(13(3)15(7-22)19(28)23(18)4)6-16-20(29)25(10-17(26)27)21(30)31-16/h6,11-12H,5,8-10H2,1-4H3,(H,26,27)/b16-6+. The summed E-state index contributed by atoms with van der Waals surface area (Å²) in [6, 6.07) is 1.99. The summed E-state index contributed by atoms with van der Waals surface area (Å²) in [5.74, 6) is -0.133. The van der Waals surface area contributed by atoms with E-state index in [0.29, 0.717) is 28.8 Å². The fourth-order valence-corrected chi connectivity index (χ4v) is 5.57. The van der Waals surface area contributed by atoms with Gasteiger partial charge in [-0.25, -0.2) is 0 Å². The van der Waals surface area contributed by atoms with Crippen LogP contribution in [0.3, 0.4) is 0 Å². The van der Waals surface area contributed by atoms with E-state index in [2.05, 4.69) is 18.7 Å². The molecule has 0 aromatic carbocycles. The molecule has 2 fully saturated rings. The molecule has 3 rings (SSSR count). The number of amides is 1. The maximum atomic E-state index is 12.9. The van der Waals surface area contributed by atoms with Crippen molar-refractivity contribution in [3.8, 4) is 6.07 Å². The number of aliphatic carboxylic acids is 1. The minimum Gasteiger partial charge on any atom is -0.480 e. The Balaban J connectivity index is 2.19. The Morgan fingerprint density at radius 2 is 1.94 bits per heavy atom. The highest BCUT2D eigenvalue weighted by atomic mass is 32.2. The Bertz CT molecular complexity index is 1090. The second-order valence-electron chi connectivity index (χ2n) is 8.23. The van der Waals surface area contributed by atoms with Crippen LogP contribution in [0.25, 0.3) is 6.08 Å². The summed E-state index contributed by atoms with van der Waals surface area (Å²) in [7, 11) is 1.63. The Kier molecular flexibility index (Phi) is 6.57. The van der Waals surface area contributed by atoms with Crippen molar-refractivity contribution in [1.29, 1.82) is 5.26 Å². The molecule has 2 atom stereocenters. The van der Waals surface area contributed by atoms with Crippen molar-refractivity contribution in [2.75, 3.05) is 24.5 Å². The summed E-state index contributed by atoms with van der Waals surface area (Å²) < 4.78 is 1.64. The molecule has 2 saturated heterocycles. The van der Waals surface area contributed by atoms with Gasteiger partial charge >= 0.3 is 5.97 Å². The van der Waals surface area contributed by atoms with E-state index in [1.165, 1.54) is 4.57 Å². The van der Waals surface area contributed by atoms with Crippen molar-refractivity contribution < 1.29 is 14.7 Å². The van der Waals surface area contributed by atoms with Gasteiger partial charge in [0.2, 0.25) is 0 Å². The molecule has 3 heterocycles. The third-order valence-electron chi connectivity index (χ3n) is 5.58. The lowest BCUT2D eigenvalue weighted by Gasteiger charge is -2.38. The van der Waals surface area contributed by atoms with Crippen LogP contribution >= 0.6 is 24.0 Å². The molecule has 0 spiro atoms. The van der Waals surface area contributed by atoms with E-state index in [9.17, 15) is 19.6 Å². The fourth-order valence-electron chi connectivity index (χ4n) is 4.33. The average molecular weight is 461 g/mol. The average Bonchev–Trinajstić information content (AvgIpc) is 2.93. The number of thiocarbonyl (C=S) groups is 1. The molecule has 8 nitrogen and oxygen atoms in total. The lowest BCUT2D eigenvalue weighted by Crippen LogP contribution is -2.42. The van der Waals surface area contributed by atoms with E-state index in [4.69, 9.17) is 17.3 Å². The monoisotopic (exact) mass is 460 g/mol. The summed E-state index contributed by atoms with van der Waals surface area (Å²) in [5.41, 5.74) is 0.749. The molecule has 10 heteroatoms. The maximum absolute atomic E-state index is 12.9. The number of pyridine rings is 1. The van der Waals surface area contributed by atoms with E-state index < -0.39 is 18.4 Å². The molecule has 0 aliphatic carbocycles. The van der Waals surface area contributed by atoms with Crippen LogP contribution in [-0.2, 0) is 16.6 Å². The first-order valence-electron chi connectivity index (χ1n) is 9.90. The highest BCUT2D eigenvalue weighted by molar-refractivity contribution is 8.26. The van der Waals surface area contributed by atoms with Crippen LogP contribution in [-0.4, -0.2) is 50.4 Å². The summed E-state index contributed by atoms with van der Waals surface area (Å²) in [5, 5.41) is 18.6. The highest BCUT2D eigenvalue weighted by Gasteiger charge is 2.35. The molecule has 0 radical (unpaired) electrons. The number of carbonyl (C=O) groups is 2. The molecule has 164 valence electrons. The third kappa shape index (κ3) is 4.38. The van der Waals surface area contributed by atoms with E-state index in [1.807, 2.05) is 6.07 Å². The largest absolute Gasteiger partial charge is 0.480 e. The Labute approximate surface area is 190 Å². The van der Waals surface area contributed by atoms with Crippen molar-refractivity contribution in [3.63, 3.8) is 0 Å². The maximum Gasteiger partial charge on any atom is 0.323 e. The van der Waals surface area contributed by atoms with Gasteiger partial charge in [0.25, 0.3) is 11.5 Å². The number of hydrogen-bond acceptors (Lipinski definition) is 7. The van der Waals surface area contributed by atoms with Crippen LogP contribution in [0.2, 0.25) is 0 Å². The van der Waals surface area contributed by atoms with Gasteiger partial charge in [0.05, 0.1) is 4.91 Å². The highest BCUT2D eigenvalue weighted by Crippen LogP contribution is 2.36. The molecular formula is C21H24N4O4S2. The zero-order valence-electron chi connectivity index (χ0n) is 17.8. The summed E-state index contributed by atoms with van der Waals surface area (Å²) in [4.78, 5) is 40.2. The number of thioether (sulfide) groups is 1. The summed E-state index contributed by atoms with van der Waals surface area (Å²) in [6.45, 7) is 7.02. The summed E-state index contributed by atoms with van der Waals surface area (Å²) in [6.07, 6.45) is 2.72. The molecular weight excluding hydrogens is 436 g/mol. The topological polar surface area (TPSA) is 107 Å². The van der Waals surface area contributed by atoms with Crippen LogP contribution in [0, 0.1) is 30.1 Å². The molecule has 0 saturated carbocycles. The van der Waals surface area contributed by atoms with Crippen LogP contribution < -0.4 is 10.5 Å². The van der Waals surface area contributed by atoms with Crippen molar-refractivity contribution >= 4 is 52.1 Å². The van der Waals surface area contributed by atoms with Crippen molar-refractivity contribution in [1.82, 2.24) is 9.47 Å². The second kappa shape index (κ2) is 8.85. The van der Waals surface area contributed by atoms with Crippen molar-refractivity contribution in [2.45, 2.75) is 27.2 Å². The lowest BCUT2D eigenvalue weighted by molar-refractivity contribution is -0.140. The van der Waals surface area contributed by atoms with Gasteiger partial charge in [0.15, 0.2) is 0 Å². The fraction of sp³-hybridized carbons (Fsp3) is 0.476. The molecule has 31 heavy (non-hydrogen) atoms. The van der Waals surface area contributed by atoms with E-state index >= 15 is 0 Å². The predicted molar refractivity (Wildman–Crippen MR) is 124 cm³/mol. The van der Waals surface area contributed by atoms with Gasteiger partial charge in [-0.2, -0.15) is 5.26 Å². The molecule has 2 unspecified atom stereocenters. The van der Waals surface area contributed by atoms with Crippen LogP contribution in [0.4, 0.5) is 5.82 Å². The van der Waals surface area contributed by atoms with Gasteiger partial charge in [-0.05, 0) is 36.8 Å². The summed E-state index contributed by atoms with van der Waals surface area (Å²) >= 11 is 6.22. The van der Waals surface area contributed by atoms with Gasteiger partial charge in [-0.3, -0.25) is 23.9 Å².